The van der Waals surface area contributed by atoms with E-state index >= 15 is 0 Å². The molecule has 4 rings (SSSR count). The summed E-state index contributed by atoms with van der Waals surface area (Å²) in [6.45, 7) is 3.57. The molecule has 2 fully saturated rings. The number of fused-ring (bicyclic) bond motifs is 1. The molecule has 3 heterocycles. The number of rotatable bonds is 2. The Bertz CT molecular complexity index is 520. The van der Waals surface area contributed by atoms with Crippen molar-refractivity contribution in [1.29, 1.82) is 0 Å². The highest BCUT2D eigenvalue weighted by Gasteiger charge is 2.33. The molecule has 22 heavy (non-hydrogen) atoms. The Kier molecular flexibility index (Phi) is 5.05. The number of nitrogens with zero attached hydrogens (tertiary/aromatic N) is 2. The Hall–Kier alpha value is -0.650. The minimum Gasteiger partial charge on any atom is -0.342 e. The molecule has 2 saturated heterocycles. The molecule has 1 aliphatic carbocycles. The van der Waals surface area contributed by atoms with E-state index in [4.69, 9.17) is 4.98 Å². The van der Waals surface area contributed by atoms with Crippen LogP contribution in [0.25, 0.3) is 0 Å². The molecular formula is C16H24ClN3OS. The number of carbonyl (C=O) groups excluding carboxylic acids is 1. The van der Waals surface area contributed by atoms with E-state index in [1.165, 1.54) is 41.3 Å². The van der Waals surface area contributed by atoms with E-state index in [0.29, 0.717) is 11.8 Å². The number of amides is 1. The van der Waals surface area contributed by atoms with E-state index in [9.17, 15) is 4.79 Å². The standard InChI is InChI=1S/C16H23N3OS.ClH/c20-16(12-8-17-9-12)19-7-3-4-11(10-19)15-18-13-5-1-2-6-14(13)21-15;/h11-12,17H,1-10H2;1H. The third-order valence-electron chi connectivity index (χ3n) is 5.08. The van der Waals surface area contributed by atoms with Gasteiger partial charge in [0, 0.05) is 37.0 Å². The summed E-state index contributed by atoms with van der Waals surface area (Å²) in [5.41, 5.74) is 1.35. The number of thiazole rings is 1. The van der Waals surface area contributed by atoms with E-state index in [1.54, 1.807) is 0 Å². The van der Waals surface area contributed by atoms with Crippen LogP contribution in [0.3, 0.4) is 0 Å². The predicted molar refractivity (Wildman–Crippen MR) is 90.9 cm³/mol. The summed E-state index contributed by atoms with van der Waals surface area (Å²) in [6, 6.07) is 0. The quantitative estimate of drug-likeness (QED) is 0.898. The van der Waals surface area contributed by atoms with Gasteiger partial charge in [-0.1, -0.05) is 0 Å². The fourth-order valence-electron chi connectivity index (χ4n) is 3.65. The molecule has 1 N–H and O–H groups in total. The van der Waals surface area contributed by atoms with Crippen LogP contribution in [-0.2, 0) is 17.6 Å². The highest BCUT2D eigenvalue weighted by molar-refractivity contribution is 7.11. The minimum atomic E-state index is 0. The van der Waals surface area contributed by atoms with Gasteiger partial charge in [0.2, 0.25) is 5.91 Å². The fourth-order valence-corrected chi connectivity index (χ4v) is 4.93. The number of hydrogen-bond donors (Lipinski definition) is 1. The van der Waals surface area contributed by atoms with Gasteiger partial charge in [-0.2, -0.15) is 0 Å². The summed E-state index contributed by atoms with van der Waals surface area (Å²) in [4.78, 5) is 20.9. The molecule has 1 atom stereocenters. The van der Waals surface area contributed by atoms with Crippen molar-refractivity contribution in [2.24, 2.45) is 5.92 Å². The van der Waals surface area contributed by atoms with E-state index in [-0.39, 0.29) is 18.3 Å². The van der Waals surface area contributed by atoms with E-state index in [0.717, 1.165) is 39.0 Å². The first-order chi connectivity index (χ1) is 10.3. The normalized spacial score (nSPS) is 25.1. The maximum absolute atomic E-state index is 12.4. The molecule has 0 spiro atoms. The number of likely N-dealkylation sites (tertiary alicyclic amines) is 1. The number of hydrogen-bond acceptors (Lipinski definition) is 4. The van der Waals surface area contributed by atoms with Gasteiger partial charge in [-0.3, -0.25) is 4.79 Å². The number of carbonyl (C=O) groups is 1. The molecule has 1 amide bonds. The lowest BCUT2D eigenvalue weighted by Crippen LogP contribution is -2.53. The van der Waals surface area contributed by atoms with Crippen molar-refractivity contribution in [1.82, 2.24) is 15.2 Å². The number of piperidine rings is 1. The maximum Gasteiger partial charge on any atom is 0.228 e. The molecular weight excluding hydrogens is 318 g/mol. The molecule has 1 unspecified atom stereocenters. The number of aryl methyl sites for hydroxylation is 2. The van der Waals surface area contributed by atoms with E-state index < -0.39 is 0 Å². The van der Waals surface area contributed by atoms with Crippen molar-refractivity contribution in [2.75, 3.05) is 26.2 Å². The number of nitrogens with one attached hydrogen (secondary N) is 1. The molecule has 0 saturated carbocycles. The molecule has 0 bridgehead atoms. The molecule has 1 aromatic rings. The first kappa shape index (κ1) is 16.2. The highest BCUT2D eigenvalue weighted by atomic mass is 35.5. The summed E-state index contributed by atoms with van der Waals surface area (Å²) in [5, 5.41) is 4.50. The summed E-state index contributed by atoms with van der Waals surface area (Å²) in [6.07, 6.45) is 7.31. The van der Waals surface area contributed by atoms with Gasteiger partial charge in [-0.15, -0.1) is 23.7 Å². The van der Waals surface area contributed by atoms with Crippen LogP contribution in [0.15, 0.2) is 0 Å². The van der Waals surface area contributed by atoms with Crippen molar-refractivity contribution in [3.05, 3.63) is 15.6 Å². The average molecular weight is 342 g/mol. The van der Waals surface area contributed by atoms with Gasteiger partial charge in [-0.05, 0) is 38.5 Å². The largest absolute Gasteiger partial charge is 0.342 e. The van der Waals surface area contributed by atoms with Crippen molar-refractivity contribution in [3.8, 4) is 0 Å². The summed E-state index contributed by atoms with van der Waals surface area (Å²) >= 11 is 1.92. The third kappa shape index (κ3) is 3.03. The van der Waals surface area contributed by atoms with Crippen molar-refractivity contribution >= 4 is 29.7 Å². The van der Waals surface area contributed by atoms with Crippen molar-refractivity contribution in [3.63, 3.8) is 0 Å². The van der Waals surface area contributed by atoms with E-state index in [1.807, 2.05) is 11.3 Å². The molecule has 4 nitrogen and oxygen atoms in total. The third-order valence-corrected chi connectivity index (χ3v) is 6.40. The molecule has 1 aromatic heterocycles. The lowest BCUT2D eigenvalue weighted by atomic mass is 9.95. The summed E-state index contributed by atoms with van der Waals surface area (Å²) in [7, 11) is 0. The second-order valence-electron chi connectivity index (χ2n) is 6.61. The Balaban J connectivity index is 0.00000144. The number of aromatic nitrogens is 1. The Morgan fingerprint density at radius 2 is 2.05 bits per heavy atom. The molecule has 2 aliphatic heterocycles. The van der Waals surface area contributed by atoms with Gasteiger partial charge in [-0.25, -0.2) is 4.98 Å². The van der Waals surface area contributed by atoms with Crippen LogP contribution in [0.4, 0.5) is 0 Å². The lowest BCUT2D eigenvalue weighted by Gasteiger charge is -2.37. The van der Waals surface area contributed by atoms with Crippen LogP contribution in [-0.4, -0.2) is 42.0 Å². The molecule has 0 radical (unpaired) electrons. The van der Waals surface area contributed by atoms with Gasteiger partial charge < -0.3 is 10.2 Å². The van der Waals surface area contributed by atoms with Crippen LogP contribution in [0.2, 0.25) is 0 Å². The molecule has 122 valence electrons. The van der Waals surface area contributed by atoms with Gasteiger partial charge in [0.15, 0.2) is 0 Å². The molecule has 6 heteroatoms. The fraction of sp³-hybridized carbons (Fsp3) is 0.750. The van der Waals surface area contributed by atoms with Gasteiger partial charge in [0.1, 0.15) is 0 Å². The molecule has 3 aliphatic rings. The van der Waals surface area contributed by atoms with Crippen LogP contribution >= 0.6 is 23.7 Å². The van der Waals surface area contributed by atoms with Gasteiger partial charge in [0.25, 0.3) is 0 Å². The monoisotopic (exact) mass is 341 g/mol. The van der Waals surface area contributed by atoms with Crippen LogP contribution in [0.1, 0.15) is 47.2 Å². The second kappa shape index (κ2) is 6.85. The maximum atomic E-state index is 12.4. The van der Waals surface area contributed by atoms with Crippen molar-refractivity contribution in [2.45, 2.75) is 44.4 Å². The first-order valence-electron chi connectivity index (χ1n) is 8.29. The Labute approximate surface area is 142 Å². The Morgan fingerprint density at radius 1 is 1.23 bits per heavy atom. The van der Waals surface area contributed by atoms with Crippen molar-refractivity contribution < 1.29 is 4.79 Å². The number of halogens is 1. The lowest BCUT2D eigenvalue weighted by molar-refractivity contribution is -0.138. The Morgan fingerprint density at radius 3 is 2.77 bits per heavy atom. The second-order valence-corrected chi connectivity index (χ2v) is 7.72. The van der Waals surface area contributed by atoms with Gasteiger partial charge in [0.05, 0.1) is 16.6 Å². The zero-order valence-corrected chi connectivity index (χ0v) is 14.5. The minimum absolute atomic E-state index is 0. The topological polar surface area (TPSA) is 45.2 Å². The highest BCUT2D eigenvalue weighted by Crippen LogP contribution is 2.35. The smallest absolute Gasteiger partial charge is 0.228 e. The predicted octanol–water partition coefficient (Wildman–Crippen LogP) is 2.37. The zero-order chi connectivity index (χ0) is 14.2. The summed E-state index contributed by atoms with van der Waals surface area (Å²) < 4.78 is 0. The van der Waals surface area contributed by atoms with Crippen LogP contribution < -0.4 is 5.32 Å². The summed E-state index contributed by atoms with van der Waals surface area (Å²) in [5.74, 6) is 1.07. The van der Waals surface area contributed by atoms with Gasteiger partial charge >= 0.3 is 0 Å². The SMILES string of the molecule is Cl.O=C(C1CNC1)N1CCCC(c2nc3c(s2)CCCC3)C1. The first-order valence-corrected chi connectivity index (χ1v) is 9.11. The van der Waals surface area contributed by atoms with E-state index in [2.05, 4.69) is 10.2 Å². The van der Waals surface area contributed by atoms with Crippen LogP contribution in [0.5, 0.6) is 0 Å². The average Bonchev–Trinajstić information content (AvgIpc) is 2.89. The zero-order valence-electron chi connectivity index (χ0n) is 12.8. The van der Waals surface area contributed by atoms with Crippen LogP contribution in [0, 0.1) is 5.92 Å². The molecule has 0 aromatic carbocycles.